The summed E-state index contributed by atoms with van der Waals surface area (Å²) in [6, 6.07) is 12.3. The molecule has 0 radical (unpaired) electrons. The molecule has 30 heavy (non-hydrogen) atoms. The van der Waals surface area contributed by atoms with Crippen LogP contribution >= 0.6 is 0 Å². The van der Waals surface area contributed by atoms with Gasteiger partial charge in [-0.05, 0) is 31.2 Å². The fourth-order valence-electron chi connectivity index (χ4n) is 3.00. The van der Waals surface area contributed by atoms with Crippen molar-refractivity contribution in [3.63, 3.8) is 0 Å². The average molecular weight is 406 g/mol. The fourth-order valence-corrected chi connectivity index (χ4v) is 3.00. The minimum Gasteiger partial charge on any atom is -0.335 e. The van der Waals surface area contributed by atoms with Crippen LogP contribution in [-0.2, 0) is 11.3 Å². The highest BCUT2D eigenvalue weighted by atomic mass is 19.1. The minimum absolute atomic E-state index is 0.0181. The molecule has 2 heterocycles. The number of halogens is 1. The summed E-state index contributed by atoms with van der Waals surface area (Å²) in [6.45, 7) is 1.08. The van der Waals surface area contributed by atoms with Gasteiger partial charge in [0, 0.05) is 16.8 Å². The number of carbonyl (C=O) groups is 2. The van der Waals surface area contributed by atoms with Gasteiger partial charge in [-0.2, -0.15) is 0 Å². The first-order chi connectivity index (χ1) is 14.4. The molecule has 0 unspecified atom stereocenters. The minimum atomic E-state index is -0.591. The van der Waals surface area contributed by atoms with E-state index >= 15 is 0 Å². The van der Waals surface area contributed by atoms with Gasteiger partial charge in [0.2, 0.25) is 5.91 Å². The van der Waals surface area contributed by atoms with E-state index in [2.05, 4.69) is 15.5 Å². The molecule has 9 heteroatoms. The van der Waals surface area contributed by atoms with Gasteiger partial charge in [-0.15, -0.1) is 0 Å². The first-order valence-corrected chi connectivity index (χ1v) is 8.94. The van der Waals surface area contributed by atoms with Gasteiger partial charge < -0.3 is 9.84 Å². The van der Waals surface area contributed by atoms with E-state index in [0.717, 1.165) is 10.9 Å². The van der Waals surface area contributed by atoms with Crippen molar-refractivity contribution in [1.82, 2.24) is 14.7 Å². The number of Topliss-reactive ketones (excluding diaryl/α,β-unsaturated/α-hetero) is 1. The third-order valence-electron chi connectivity index (χ3n) is 4.46. The number of aromatic nitrogens is 3. The molecule has 0 saturated carbocycles. The summed E-state index contributed by atoms with van der Waals surface area (Å²) >= 11 is 0. The van der Waals surface area contributed by atoms with Crippen molar-refractivity contribution in [3.8, 4) is 11.3 Å². The van der Waals surface area contributed by atoms with Crippen molar-refractivity contribution in [2.24, 2.45) is 0 Å². The third-order valence-corrected chi connectivity index (χ3v) is 4.46. The largest absolute Gasteiger partial charge is 0.335 e. The van der Waals surface area contributed by atoms with Crippen molar-refractivity contribution in [2.45, 2.75) is 13.5 Å². The second-order valence-electron chi connectivity index (χ2n) is 6.55. The van der Waals surface area contributed by atoms with E-state index in [4.69, 9.17) is 4.52 Å². The van der Waals surface area contributed by atoms with Crippen LogP contribution in [0.5, 0.6) is 0 Å². The molecule has 1 amide bonds. The molecule has 150 valence electrons. The summed E-state index contributed by atoms with van der Waals surface area (Å²) in [7, 11) is 0. The van der Waals surface area contributed by atoms with E-state index in [9.17, 15) is 18.8 Å². The molecule has 0 spiro atoms. The molecule has 0 fully saturated rings. The first kappa shape index (κ1) is 19.2. The topological polar surface area (TPSA) is 107 Å². The monoisotopic (exact) mass is 406 g/mol. The van der Waals surface area contributed by atoms with E-state index in [1.807, 2.05) is 0 Å². The van der Waals surface area contributed by atoms with Gasteiger partial charge in [-0.3, -0.25) is 19.0 Å². The molecule has 0 saturated heterocycles. The molecule has 0 atom stereocenters. The van der Waals surface area contributed by atoms with Gasteiger partial charge in [0.05, 0.1) is 0 Å². The molecule has 0 aliphatic rings. The summed E-state index contributed by atoms with van der Waals surface area (Å²) in [6.07, 6.45) is 1.16. The van der Waals surface area contributed by atoms with Crippen LogP contribution in [0.4, 0.5) is 10.1 Å². The van der Waals surface area contributed by atoms with Gasteiger partial charge >= 0.3 is 0 Å². The molecule has 2 aromatic heterocycles. The Morgan fingerprint density at radius 2 is 1.97 bits per heavy atom. The Bertz CT molecular complexity index is 1340. The smallest absolute Gasteiger partial charge is 0.267 e. The average Bonchev–Trinajstić information content (AvgIpc) is 3.15. The zero-order valence-corrected chi connectivity index (χ0v) is 15.8. The van der Waals surface area contributed by atoms with Crippen LogP contribution in [0, 0.1) is 5.82 Å². The molecule has 0 bridgehead atoms. The second-order valence-corrected chi connectivity index (χ2v) is 6.55. The van der Waals surface area contributed by atoms with E-state index in [1.165, 1.54) is 25.1 Å². The fraction of sp³-hybridized carbons (Fsp3) is 0.0952. The van der Waals surface area contributed by atoms with Crippen molar-refractivity contribution < 1.29 is 18.5 Å². The molecule has 0 aliphatic heterocycles. The molecule has 4 rings (SSSR count). The SMILES string of the molecule is CC(=O)c1cccc(NC(=O)Cn2cnc3onc(-c4ccccc4F)c3c2=O)c1. The summed E-state index contributed by atoms with van der Waals surface area (Å²) in [5.41, 5.74) is 0.345. The zero-order chi connectivity index (χ0) is 21.3. The number of nitrogens with zero attached hydrogens (tertiary/aromatic N) is 3. The second kappa shape index (κ2) is 7.70. The number of ketones is 1. The van der Waals surface area contributed by atoms with Gasteiger partial charge in [0.15, 0.2) is 5.78 Å². The number of carbonyl (C=O) groups excluding carboxylic acids is 2. The number of hydrogen-bond acceptors (Lipinski definition) is 6. The normalized spacial score (nSPS) is 10.9. The van der Waals surface area contributed by atoms with Gasteiger partial charge in [-0.25, -0.2) is 9.37 Å². The van der Waals surface area contributed by atoms with Crippen LogP contribution in [0.25, 0.3) is 22.4 Å². The number of fused-ring (bicyclic) bond motifs is 1. The molecule has 4 aromatic rings. The number of benzene rings is 2. The highest BCUT2D eigenvalue weighted by molar-refractivity contribution is 5.97. The van der Waals surface area contributed by atoms with Crippen molar-refractivity contribution in [2.75, 3.05) is 5.32 Å². The number of nitrogens with one attached hydrogen (secondary N) is 1. The molecule has 1 N–H and O–H groups in total. The first-order valence-electron chi connectivity index (χ1n) is 8.94. The lowest BCUT2D eigenvalue weighted by molar-refractivity contribution is -0.116. The molecular formula is C21H15FN4O4. The summed E-state index contributed by atoms with van der Waals surface area (Å²) in [5, 5.41) is 6.39. The van der Waals surface area contributed by atoms with Gasteiger partial charge in [0.1, 0.15) is 29.8 Å². The van der Waals surface area contributed by atoms with Crippen LogP contribution in [0.15, 0.2) is 64.2 Å². The summed E-state index contributed by atoms with van der Waals surface area (Å²) < 4.78 is 20.3. The number of rotatable bonds is 5. The predicted octanol–water partition coefficient (Wildman–Crippen LogP) is 3.03. The predicted molar refractivity (Wildman–Crippen MR) is 107 cm³/mol. The standard InChI is InChI=1S/C21H15FN4O4/c1-12(27)13-5-4-6-14(9-13)24-17(28)10-26-11-23-20-18(21(26)29)19(25-30-20)15-7-2-3-8-16(15)22/h2-9,11H,10H2,1H3,(H,24,28). The lowest BCUT2D eigenvalue weighted by Crippen LogP contribution is -2.28. The van der Waals surface area contributed by atoms with Gasteiger partial charge in [-0.1, -0.05) is 29.4 Å². The van der Waals surface area contributed by atoms with Crippen LogP contribution in [0.3, 0.4) is 0 Å². The Balaban J connectivity index is 1.65. The molecule has 8 nitrogen and oxygen atoms in total. The van der Waals surface area contributed by atoms with Crippen molar-refractivity contribution >= 4 is 28.5 Å². The number of anilines is 1. The molecule has 2 aromatic carbocycles. The highest BCUT2D eigenvalue weighted by Crippen LogP contribution is 2.26. The lowest BCUT2D eigenvalue weighted by atomic mass is 10.1. The van der Waals surface area contributed by atoms with E-state index in [0.29, 0.717) is 11.3 Å². The van der Waals surface area contributed by atoms with Crippen molar-refractivity contribution in [3.05, 3.63) is 76.6 Å². The van der Waals surface area contributed by atoms with E-state index in [1.54, 1.807) is 30.3 Å². The quantitative estimate of drug-likeness (QED) is 0.511. The Hall–Kier alpha value is -4.14. The van der Waals surface area contributed by atoms with Gasteiger partial charge in [0.25, 0.3) is 11.3 Å². The molecular weight excluding hydrogens is 391 g/mol. The van der Waals surface area contributed by atoms with Crippen LogP contribution in [0.1, 0.15) is 17.3 Å². The third kappa shape index (κ3) is 3.60. The van der Waals surface area contributed by atoms with Crippen LogP contribution in [-0.4, -0.2) is 26.4 Å². The summed E-state index contributed by atoms with van der Waals surface area (Å²) in [5.74, 6) is -1.20. The Labute approximate surface area is 169 Å². The number of hydrogen-bond donors (Lipinski definition) is 1. The maximum Gasteiger partial charge on any atom is 0.267 e. The zero-order valence-electron chi connectivity index (χ0n) is 15.8. The van der Waals surface area contributed by atoms with E-state index in [-0.39, 0.29) is 34.7 Å². The summed E-state index contributed by atoms with van der Waals surface area (Å²) in [4.78, 5) is 40.8. The Kier molecular flexibility index (Phi) is 4.93. The van der Waals surface area contributed by atoms with Crippen LogP contribution < -0.4 is 10.9 Å². The maximum atomic E-state index is 14.2. The maximum absolute atomic E-state index is 14.2. The van der Waals surface area contributed by atoms with Crippen LogP contribution in [0.2, 0.25) is 0 Å². The molecule has 0 aliphatic carbocycles. The highest BCUT2D eigenvalue weighted by Gasteiger charge is 2.20. The Morgan fingerprint density at radius 1 is 1.17 bits per heavy atom. The van der Waals surface area contributed by atoms with Crippen molar-refractivity contribution in [1.29, 1.82) is 0 Å². The number of amides is 1. The Morgan fingerprint density at radius 3 is 2.73 bits per heavy atom. The lowest BCUT2D eigenvalue weighted by Gasteiger charge is -2.08. The van der Waals surface area contributed by atoms with E-state index < -0.39 is 17.3 Å².